The van der Waals surface area contributed by atoms with Gasteiger partial charge in [-0.05, 0) is 19.0 Å². The van der Waals surface area contributed by atoms with Gasteiger partial charge in [0.25, 0.3) is 0 Å². The Bertz CT molecular complexity index is 27.7. The zero-order chi connectivity index (χ0) is 4.95. The standard InChI is InChI=1S/C5H13NSi/c1-2-4-6-7-5-3-1/h6H,1-5,7H2. The van der Waals surface area contributed by atoms with Crippen molar-refractivity contribution >= 4 is 9.68 Å². The minimum atomic E-state index is 0.224. The first-order valence-corrected chi connectivity index (χ1v) is 4.91. The van der Waals surface area contributed by atoms with Crippen molar-refractivity contribution in [3.05, 3.63) is 0 Å². The van der Waals surface area contributed by atoms with Crippen molar-refractivity contribution in [1.29, 1.82) is 0 Å². The second-order valence-corrected chi connectivity index (χ2v) is 3.87. The molecule has 0 amide bonds. The zero-order valence-electron chi connectivity index (χ0n) is 4.74. The Kier molecular flexibility index (Phi) is 2.44. The van der Waals surface area contributed by atoms with E-state index in [2.05, 4.69) is 4.98 Å². The van der Waals surface area contributed by atoms with E-state index in [1.54, 1.807) is 0 Å². The molecule has 0 saturated carbocycles. The average molecular weight is 115 g/mol. The maximum Gasteiger partial charge on any atom is 0.0916 e. The van der Waals surface area contributed by atoms with Gasteiger partial charge in [0.2, 0.25) is 0 Å². The summed E-state index contributed by atoms with van der Waals surface area (Å²) in [5, 5.41) is 0. The SMILES string of the molecule is C1CCN[SiH2]CC1. The molecule has 0 spiro atoms. The lowest BCUT2D eigenvalue weighted by Gasteiger charge is -1.91. The first-order chi connectivity index (χ1) is 3.50. The Balaban J connectivity index is 2.04. The fourth-order valence-corrected chi connectivity index (χ4v) is 2.33. The third-order valence-electron chi connectivity index (χ3n) is 1.46. The van der Waals surface area contributed by atoms with Crippen LogP contribution >= 0.6 is 0 Å². The lowest BCUT2D eigenvalue weighted by atomic mass is 10.3. The van der Waals surface area contributed by atoms with Crippen LogP contribution in [0.1, 0.15) is 19.3 Å². The molecule has 1 rings (SSSR count). The van der Waals surface area contributed by atoms with E-state index in [9.17, 15) is 0 Å². The molecule has 1 nitrogen and oxygen atoms in total. The molecule has 2 heteroatoms. The van der Waals surface area contributed by atoms with Gasteiger partial charge < -0.3 is 4.98 Å². The van der Waals surface area contributed by atoms with Gasteiger partial charge in [-0.1, -0.05) is 12.8 Å². The van der Waals surface area contributed by atoms with E-state index >= 15 is 0 Å². The van der Waals surface area contributed by atoms with Crippen LogP contribution in [0.4, 0.5) is 0 Å². The van der Waals surface area contributed by atoms with Crippen LogP contribution in [0.15, 0.2) is 0 Å². The molecule has 0 bridgehead atoms. The van der Waals surface area contributed by atoms with Crippen molar-refractivity contribution in [3.8, 4) is 0 Å². The Morgan fingerprint density at radius 1 is 1.14 bits per heavy atom. The van der Waals surface area contributed by atoms with E-state index in [0.29, 0.717) is 0 Å². The molecule has 1 fully saturated rings. The molecule has 0 aromatic rings. The molecule has 0 atom stereocenters. The van der Waals surface area contributed by atoms with Gasteiger partial charge in [0.1, 0.15) is 0 Å². The highest BCUT2D eigenvalue weighted by molar-refractivity contribution is 6.32. The maximum absolute atomic E-state index is 3.49. The van der Waals surface area contributed by atoms with Gasteiger partial charge in [-0.15, -0.1) is 0 Å². The fraction of sp³-hybridized carbons (Fsp3) is 1.00. The summed E-state index contributed by atoms with van der Waals surface area (Å²) in [7, 11) is 0.224. The summed E-state index contributed by atoms with van der Waals surface area (Å²) in [5.74, 6) is 0. The van der Waals surface area contributed by atoms with Crippen LogP contribution in [-0.2, 0) is 0 Å². The van der Waals surface area contributed by atoms with Crippen molar-refractivity contribution in [2.24, 2.45) is 0 Å². The van der Waals surface area contributed by atoms with Gasteiger partial charge in [-0.2, -0.15) is 0 Å². The van der Waals surface area contributed by atoms with Crippen LogP contribution in [-0.4, -0.2) is 16.2 Å². The smallest absolute Gasteiger partial charge is 0.0916 e. The third kappa shape index (κ3) is 2.09. The molecule has 0 unspecified atom stereocenters. The van der Waals surface area contributed by atoms with Crippen molar-refractivity contribution in [3.63, 3.8) is 0 Å². The quantitative estimate of drug-likeness (QED) is 0.447. The van der Waals surface area contributed by atoms with Gasteiger partial charge in [-0.3, -0.25) is 0 Å². The molecule has 0 radical (unpaired) electrons. The summed E-state index contributed by atoms with van der Waals surface area (Å²) in [4.78, 5) is 3.49. The molecule has 0 aliphatic carbocycles. The molecule has 1 aliphatic heterocycles. The highest BCUT2D eigenvalue weighted by Crippen LogP contribution is 2.00. The fourth-order valence-electron chi connectivity index (χ4n) is 0.979. The molecule has 1 heterocycles. The van der Waals surface area contributed by atoms with Gasteiger partial charge >= 0.3 is 0 Å². The van der Waals surface area contributed by atoms with Gasteiger partial charge in [-0.25, -0.2) is 0 Å². The molecule has 1 N–H and O–H groups in total. The normalized spacial score (nSPS) is 27.4. The van der Waals surface area contributed by atoms with Crippen LogP contribution in [0.2, 0.25) is 6.04 Å². The van der Waals surface area contributed by atoms with E-state index < -0.39 is 0 Å². The summed E-state index contributed by atoms with van der Waals surface area (Å²) in [6.07, 6.45) is 4.40. The summed E-state index contributed by atoms with van der Waals surface area (Å²) < 4.78 is 0. The monoisotopic (exact) mass is 115 g/mol. The highest BCUT2D eigenvalue weighted by Gasteiger charge is 1.94. The van der Waals surface area contributed by atoms with Crippen molar-refractivity contribution in [1.82, 2.24) is 4.98 Å². The summed E-state index contributed by atoms with van der Waals surface area (Å²) >= 11 is 0. The summed E-state index contributed by atoms with van der Waals surface area (Å²) in [5.41, 5.74) is 0. The number of rotatable bonds is 0. The lowest BCUT2D eigenvalue weighted by Crippen LogP contribution is -2.16. The van der Waals surface area contributed by atoms with Crippen molar-refractivity contribution in [2.75, 3.05) is 6.54 Å². The maximum atomic E-state index is 3.49. The van der Waals surface area contributed by atoms with E-state index in [0.717, 1.165) is 0 Å². The minimum absolute atomic E-state index is 0.224. The first-order valence-electron chi connectivity index (χ1n) is 3.21. The lowest BCUT2D eigenvalue weighted by molar-refractivity contribution is 0.730. The average Bonchev–Trinajstić information content (AvgIpc) is 1.90. The molecule has 0 aromatic carbocycles. The second-order valence-electron chi connectivity index (χ2n) is 2.16. The molecule has 1 aliphatic rings. The molecular weight excluding hydrogens is 102 g/mol. The van der Waals surface area contributed by atoms with Gasteiger partial charge in [0, 0.05) is 0 Å². The van der Waals surface area contributed by atoms with Gasteiger partial charge in [0.15, 0.2) is 0 Å². The largest absolute Gasteiger partial charge is 0.342 e. The zero-order valence-corrected chi connectivity index (χ0v) is 6.16. The molecule has 0 aromatic heterocycles. The molecule has 42 valence electrons. The van der Waals surface area contributed by atoms with Crippen LogP contribution in [0.3, 0.4) is 0 Å². The number of nitrogens with one attached hydrogen (secondary N) is 1. The molecule has 7 heavy (non-hydrogen) atoms. The van der Waals surface area contributed by atoms with Crippen LogP contribution in [0, 0.1) is 0 Å². The Morgan fingerprint density at radius 3 is 3.14 bits per heavy atom. The first kappa shape index (κ1) is 5.32. The third-order valence-corrected chi connectivity index (χ3v) is 3.02. The second kappa shape index (κ2) is 3.21. The Morgan fingerprint density at radius 2 is 2.14 bits per heavy atom. The van der Waals surface area contributed by atoms with Crippen LogP contribution < -0.4 is 4.98 Å². The molecule has 1 saturated heterocycles. The molecular formula is C5H13NSi. The van der Waals surface area contributed by atoms with E-state index in [-0.39, 0.29) is 9.68 Å². The Hall–Kier alpha value is 0.177. The van der Waals surface area contributed by atoms with Crippen LogP contribution in [0.25, 0.3) is 0 Å². The summed E-state index contributed by atoms with van der Waals surface area (Å²) in [6, 6.07) is 1.53. The van der Waals surface area contributed by atoms with E-state index in [4.69, 9.17) is 0 Å². The predicted octanol–water partition coefficient (Wildman–Crippen LogP) is 0.262. The van der Waals surface area contributed by atoms with Gasteiger partial charge in [0.05, 0.1) is 9.68 Å². The number of hydrogen-bond donors (Lipinski definition) is 1. The summed E-state index contributed by atoms with van der Waals surface area (Å²) in [6.45, 7) is 1.31. The topological polar surface area (TPSA) is 12.0 Å². The highest BCUT2D eigenvalue weighted by atomic mass is 28.2. The van der Waals surface area contributed by atoms with Crippen molar-refractivity contribution in [2.45, 2.75) is 25.3 Å². The van der Waals surface area contributed by atoms with Crippen molar-refractivity contribution < 1.29 is 0 Å². The predicted molar refractivity (Wildman–Crippen MR) is 35.2 cm³/mol. The van der Waals surface area contributed by atoms with E-state index in [1.807, 2.05) is 0 Å². The Labute approximate surface area is 47.4 Å². The number of hydrogen-bond acceptors (Lipinski definition) is 1. The minimum Gasteiger partial charge on any atom is -0.342 e. The van der Waals surface area contributed by atoms with E-state index in [1.165, 1.54) is 31.9 Å². The van der Waals surface area contributed by atoms with Crippen LogP contribution in [0.5, 0.6) is 0 Å².